The SMILES string of the molecule is CC(C)CC(C)CN[C@H](Cc1ccccc1)C(=O)O. The topological polar surface area (TPSA) is 49.3 Å². The van der Waals surface area contributed by atoms with Crippen molar-refractivity contribution in [3.05, 3.63) is 35.9 Å². The Bertz CT molecular complexity index is 376. The second-order valence-corrected chi connectivity index (χ2v) is 5.72. The van der Waals surface area contributed by atoms with Gasteiger partial charge in [-0.3, -0.25) is 4.79 Å². The van der Waals surface area contributed by atoms with Crippen LogP contribution in [-0.4, -0.2) is 23.7 Å². The lowest BCUT2D eigenvalue weighted by atomic mass is 9.98. The summed E-state index contributed by atoms with van der Waals surface area (Å²) in [5.41, 5.74) is 1.05. The summed E-state index contributed by atoms with van der Waals surface area (Å²) in [4.78, 5) is 11.3. The van der Waals surface area contributed by atoms with Crippen molar-refractivity contribution in [2.45, 2.75) is 39.7 Å². The van der Waals surface area contributed by atoms with Gasteiger partial charge in [-0.2, -0.15) is 0 Å². The third-order valence-corrected chi connectivity index (χ3v) is 3.17. The van der Waals surface area contributed by atoms with E-state index >= 15 is 0 Å². The quantitative estimate of drug-likeness (QED) is 0.758. The number of hydrogen-bond donors (Lipinski definition) is 2. The molecule has 0 bridgehead atoms. The molecule has 0 heterocycles. The molecule has 1 aromatic carbocycles. The summed E-state index contributed by atoms with van der Waals surface area (Å²) in [6, 6.07) is 9.25. The summed E-state index contributed by atoms with van der Waals surface area (Å²) in [5, 5.41) is 12.4. The van der Waals surface area contributed by atoms with Gasteiger partial charge in [0.25, 0.3) is 0 Å². The van der Waals surface area contributed by atoms with E-state index in [2.05, 4.69) is 26.1 Å². The minimum atomic E-state index is -0.777. The molecule has 1 aromatic rings. The molecule has 106 valence electrons. The zero-order valence-electron chi connectivity index (χ0n) is 12.1. The van der Waals surface area contributed by atoms with Crippen LogP contribution in [0.15, 0.2) is 30.3 Å². The van der Waals surface area contributed by atoms with Crippen molar-refractivity contribution in [1.82, 2.24) is 5.32 Å². The van der Waals surface area contributed by atoms with Crippen LogP contribution in [0, 0.1) is 11.8 Å². The van der Waals surface area contributed by atoms with Gasteiger partial charge in [0.15, 0.2) is 0 Å². The highest BCUT2D eigenvalue weighted by molar-refractivity contribution is 5.73. The van der Waals surface area contributed by atoms with Gasteiger partial charge in [0.05, 0.1) is 0 Å². The summed E-state index contributed by atoms with van der Waals surface area (Å²) >= 11 is 0. The fourth-order valence-corrected chi connectivity index (χ4v) is 2.33. The van der Waals surface area contributed by atoms with E-state index in [1.807, 2.05) is 30.3 Å². The molecule has 3 heteroatoms. The van der Waals surface area contributed by atoms with Crippen LogP contribution in [0.25, 0.3) is 0 Å². The molecule has 0 saturated carbocycles. The molecule has 1 rings (SSSR count). The predicted molar refractivity (Wildman–Crippen MR) is 78.2 cm³/mol. The van der Waals surface area contributed by atoms with Crippen molar-refractivity contribution in [1.29, 1.82) is 0 Å². The van der Waals surface area contributed by atoms with Crippen LogP contribution in [-0.2, 0) is 11.2 Å². The summed E-state index contributed by atoms with van der Waals surface area (Å²) < 4.78 is 0. The normalized spacial score (nSPS) is 14.3. The van der Waals surface area contributed by atoms with Gasteiger partial charge < -0.3 is 10.4 Å². The number of carboxylic acid groups (broad SMARTS) is 1. The lowest BCUT2D eigenvalue weighted by molar-refractivity contribution is -0.139. The fourth-order valence-electron chi connectivity index (χ4n) is 2.33. The number of benzene rings is 1. The van der Waals surface area contributed by atoms with Crippen molar-refractivity contribution in [2.75, 3.05) is 6.54 Å². The second-order valence-electron chi connectivity index (χ2n) is 5.72. The first-order chi connectivity index (χ1) is 8.99. The number of hydrogen-bond acceptors (Lipinski definition) is 2. The summed E-state index contributed by atoms with van der Waals surface area (Å²) in [6.07, 6.45) is 1.65. The molecule has 0 spiro atoms. The maximum atomic E-state index is 11.3. The molecule has 19 heavy (non-hydrogen) atoms. The van der Waals surface area contributed by atoms with Gasteiger partial charge in [0.1, 0.15) is 6.04 Å². The van der Waals surface area contributed by atoms with E-state index in [0.717, 1.165) is 18.5 Å². The Hall–Kier alpha value is -1.35. The lowest BCUT2D eigenvalue weighted by Crippen LogP contribution is -2.40. The number of carbonyl (C=O) groups is 1. The Labute approximate surface area is 116 Å². The van der Waals surface area contributed by atoms with Crippen molar-refractivity contribution < 1.29 is 9.90 Å². The molecule has 2 atom stereocenters. The van der Waals surface area contributed by atoms with Crippen molar-refractivity contribution in [3.8, 4) is 0 Å². The molecule has 0 aliphatic heterocycles. The van der Waals surface area contributed by atoms with Crippen LogP contribution in [0.1, 0.15) is 32.8 Å². The molecule has 0 fully saturated rings. The van der Waals surface area contributed by atoms with E-state index in [1.165, 1.54) is 0 Å². The molecule has 0 aromatic heterocycles. The number of carboxylic acids is 1. The molecule has 1 unspecified atom stereocenters. The molecular weight excluding hydrogens is 238 g/mol. The van der Waals surface area contributed by atoms with Gasteiger partial charge in [-0.15, -0.1) is 0 Å². The predicted octanol–water partition coefficient (Wildman–Crippen LogP) is 2.95. The van der Waals surface area contributed by atoms with E-state index < -0.39 is 12.0 Å². The molecular formula is C16H25NO2. The summed E-state index contributed by atoms with van der Waals surface area (Å²) in [5.74, 6) is 0.368. The number of nitrogens with one attached hydrogen (secondary N) is 1. The van der Waals surface area contributed by atoms with Gasteiger partial charge in [0.2, 0.25) is 0 Å². The molecule has 0 radical (unpaired) electrons. The molecule has 3 nitrogen and oxygen atoms in total. The average molecular weight is 263 g/mol. The average Bonchev–Trinajstić information content (AvgIpc) is 2.34. The first kappa shape index (κ1) is 15.7. The molecule has 2 N–H and O–H groups in total. The Kier molecular flexibility index (Phi) is 6.57. The fraction of sp³-hybridized carbons (Fsp3) is 0.562. The monoisotopic (exact) mass is 263 g/mol. The van der Waals surface area contributed by atoms with E-state index in [-0.39, 0.29) is 0 Å². The standard InChI is InChI=1S/C16H25NO2/c1-12(2)9-13(3)11-17-15(16(18)19)10-14-7-5-4-6-8-14/h4-8,12-13,15,17H,9-11H2,1-3H3,(H,18,19)/t13?,15-/m1/s1. The van der Waals surface area contributed by atoms with E-state index in [0.29, 0.717) is 18.3 Å². The van der Waals surface area contributed by atoms with Gasteiger partial charge in [-0.25, -0.2) is 0 Å². The Morgan fingerprint density at radius 3 is 2.37 bits per heavy atom. The van der Waals surface area contributed by atoms with E-state index in [1.54, 1.807) is 0 Å². The van der Waals surface area contributed by atoms with Crippen LogP contribution in [0.4, 0.5) is 0 Å². The summed E-state index contributed by atoms with van der Waals surface area (Å²) in [6.45, 7) is 7.29. The van der Waals surface area contributed by atoms with Crippen LogP contribution in [0.5, 0.6) is 0 Å². The summed E-state index contributed by atoms with van der Waals surface area (Å²) in [7, 11) is 0. The van der Waals surface area contributed by atoms with Gasteiger partial charge >= 0.3 is 5.97 Å². The highest BCUT2D eigenvalue weighted by atomic mass is 16.4. The van der Waals surface area contributed by atoms with Gasteiger partial charge in [-0.05, 0) is 36.8 Å². The number of aliphatic carboxylic acids is 1. The Morgan fingerprint density at radius 2 is 1.84 bits per heavy atom. The zero-order valence-corrected chi connectivity index (χ0v) is 12.1. The van der Waals surface area contributed by atoms with E-state index in [9.17, 15) is 9.90 Å². The number of rotatable bonds is 8. The minimum absolute atomic E-state index is 0.498. The second kappa shape index (κ2) is 7.95. The molecule has 0 amide bonds. The maximum absolute atomic E-state index is 11.3. The Morgan fingerprint density at radius 1 is 1.21 bits per heavy atom. The zero-order chi connectivity index (χ0) is 14.3. The van der Waals surface area contributed by atoms with E-state index in [4.69, 9.17) is 0 Å². The first-order valence-corrected chi connectivity index (χ1v) is 6.99. The Balaban J connectivity index is 2.48. The molecule has 0 saturated heterocycles. The highest BCUT2D eigenvalue weighted by Gasteiger charge is 2.18. The molecule has 0 aliphatic carbocycles. The van der Waals surface area contributed by atoms with Crippen LogP contribution < -0.4 is 5.32 Å². The smallest absolute Gasteiger partial charge is 0.321 e. The largest absolute Gasteiger partial charge is 0.480 e. The third kappa shape index (κ3) is 6.39. The van der Waals surface area contributed by atoms with Crippen LogP contribution in [0.3, 0.4) is 0 Å². The van der Waals surface area contributed by atoms with Gasteiger partial charge in [-0.1, -0.05) is 51.1 Å². The highest BCUT2D eigenvalue weighted by Crippen LogP contribution is 2.10. The first-order valence-electron chi connectivity index (χ1n) is 6.99. The van der Waals surface area contributed by atoms with Gasteiger partial charge in [0, 0.05) is 0 Å². The van der Waals surface area contributed by atoms with Crippen molar-refractivity contribution in [2.24, 2.45) is 11.8 Å². The third-order valence-electron chi connectivity index (χ3n) is 3.17. The minimum Gasteiger partial charge on any atom is -0.480 e. The lowest BCUT2D eigenvalue weighted by Gasteiger charge is -2.19. The maximum Gasteiger partial charge on any atom is 0.321 e. The molecule has 0 aliphatic rings. The van der Waals surface area contributed by atoms with Crippen LogP contribution in [0.2, 0.25) is 0 Å². The van der Waals surface area contributed by atoms with Crippen molar-refractivity contribution >= 4 is 5.97 Å². The van der Waals surface area contributed by atoms with Crippen LogP contribution >= 0.6 is 0 Å². The van der Waals surface area contributed by atoms with Crippen molar-refractivity contribution in [3.63, 3.8) is 0 Å².